The molecule has 0 unspecified atom stereocenters. The molecule has 2 amide bonds. The van der Waals surface area contributed by atoms with Crippen LogP contribution in [0.1, 0.15) is 31.7 Å². The van der Waals surface area contributed by atoms with Crippen molar-refractivity contribution < 1.29 is 14.7 Å². The molecule has 3 heterocycles. The number of fused-ring (bicyclic) bond motifs is 4. The Balaban J connectivity index is 1.91. The molecule has 5 heteroatoms. The van der Waals surface area contributed by atoms with E-state index in [2.05, 4.69) is 12.2 Å². The van der Waals surface area contributed by atoms with E-state index < -0.39 is 5.41 Å². The van der Waals surface area contributed by atoms with E-state index in [4.69, 9.17) is 0 Å². The Kier molecular flexibility index (Phi) is 2.85. The van der Waals surface area contributed by atoms with Crippen molar-refractivity contribution in [3.8, 4) is 0 Å². The lowest BCUT2D eigenvalue weighted by Gasteiger charge is -2.42. The van der Waals surface area contributed by atoms with Gasteiger partial charge in [-0.25, -0.2) is 0 Å². The summed E-state index contributed by atoms with van der Waals surface area (Å²) in [5.41, 5.74) is 1.11. The molecule has 4 atom stereocenters. The fourth-order valence-corrected chi connectivity index (χ4v) is 4.80. The van der Waals surface area contributed by atoms with Gasteiger partial charge >= 0.3 is 0 Å². The molecule has 1 spiro atoms. The summed E-state index contributed by atoms with van der Waals surface area (Å²) >= 11 is 0. The first kappa shape index (κ1) is 13.8. The van der Waals surface area contributed by atoms with Gasteiger partial charge in [0.05, 0.1) is 24.1 Å². The number of para-hydroxylation sites is 1. The highest BCUT2D eigenvalue weighted by Crippen LogP contribution is 2.54. The van der Waals surface area contributed by atoms with Gasteiger partial charge in [-0.15, -0.1) is 0 Å². The minimum absolute atomic E-state index is 0.0267. The van der Waals surface area contributed by atoms with Crippen LogP contribution in [0, 0.1) is 5.92 Å². The molecule has 1 aromatic rings. The molecule has 2 N–H and O–H groups in total. The molecular weight excluding hydrogens is 280 g/mol. The molecule has 2 saturated heterocycles. The molecule has 0 saturated carbocycles. The van der Waals surface area contributed by atoms with Gasteiger partial charge < -0.3 is 15.3 Å². The first-order valence-corrected chi connectivity index (χ1v) is 7.92. The lowest BCUT2D eigenvalue weighted by molar-refractivity contribution is -0.141. The van der Waals surface area contributed by atoms with Gasteiger partial charge in [0.2, 0.25) is 11.8 Å². The number of benzene rings is 1. The van der Waals surface area contributed by atoms with Gasteiger partial charge in [0.1, 0.15) is 0 Å². The van der Waals surface area contributed by atoms with E-state index in [9.17, 15) is 14.7 Å². The molecule has 3 aliphatic rings. The third kappa shape index (κ3) is 1.52. The number of amides is 2. The second-order valence-corrected chi connectivity index (χ2v) is 6.77. The largest absolute Gasteiger partial charge is 0.394 e. The van der Waals surface area contributed by atoms with Crippen molar-refractivity contribution in [3.63, 3.8) is 0 Å². The Morgan fingerprint density at radius 1 is 1.36 bits per heavy atom. The first-order chi connectivity index (χ1) is 10.6. The number of anilines is 1. The summed E-state index contributed by atoms with van der Waals surface area (Å²) in [6, 6.07) is 7.31. The second-order valence-electron chi connectivity index (χ2n) is 6.77. The van der Waals surface area contributed by atoms with Crippen molar-refractivity contribution in [1.29, 1.82) is 0 Å². The average molecular weight is 300 g/mol. The minimum atomic E-state index is -0.709. The van der Waals surface area contributed by atoms with Crippen LogP contribution < -0.4 is 5.32 Å². The molecule has 3 aliphatic heterocycles. The maximum absolute atomic E-state index is 12.9. The van der Waals surface area contributed by atoms with Gasteiger partial charge in [-0.3, -0.25) is 9.59 Å². The van der Waals surface area contributed by atoms with Crippen LogP contribution in [0.5, 0.6) is 0 Å². The van der Waals surface area contributed by atoms with Gasteiger partial charge in [0, 0.05) is 12.1 Å². The van der Waals surface area contributed by atoms with Gasteiger partial charge in [0.15, 0.2) is 0 Å². The number of aliphatic hydroxyl groups excluding tert-OH is 1. The summed E-state index contributed by atoms with van der Waals surface area (Å²) in [6.45, 7) is 2.02. The van der Waals surface area contributed by atoms with Crippen molar-refractivity contribution in [2.24, 2.45) is 5.92 Å². The SMILES string of the molecule is C[C@@H]1CCC(=O)N2[C@H](CO)C[C@]3(C(=O)Nc4ccccc43)[C@@H]12. The van der Waals surface area contributed by atoms with Gasteiger partial charge in [0.25, 0.3) is 0 Å². The highest BCUT2D eigenvalue weighted by atomic mass is 16.3. The number of rotatable bonds is 1. The number of hydrogen-bond acceptors (Lipinski definition) is 3. The minimum Gasteiger partial charge on any atom is -0.394 e. The van der Waals surface area contributed by atoms with Crippen molar-refractivity contribution in [2.75, 3.05) is 11.9 Å². The topological polar surface area (TPSA) is 69.6 Å². The van der Waals surface area contributed by atoms with Crippen LogP contribution >= 0.6 is 0 Å². The molecule has 22 heavy (non-hydrogen) atoms. The average Bonchev–Trinajstić information content (AvgIpc) is 3.02. The Hall–Kier alpha value is -1.88. The summed E-state index contributed by atoms with van der Waals surface area (Å²) in [6.07, 6.45) is 1.82. The van der Waals surface area contributed by atoms with Crippen LogP contribution in [0.15, 0.2) is 24.3 Å². The van der Waals surface area contributed by atoms with E-state index in [0.717, 1.165) is 17.7 Å². The molecule has 2 fully saturated rings. The summed E-state index contributed by atoms with van der Waals surface area (Å²) < 4.78 is 0. The standard InChI is InChI=1S/C17H20N2O3/c1-10-6-7-14(21)19-11(9-20)8-17(15(10)19)12-4-2-3-5-13(12)18-16(17)22/h2-5,10-11,15,20H,6-9H2,1H3,(H,18,22)/t10-,11+,15-,17-/m1/s1. The molecular formula is C17H20N2O3. The van der Waals surface area contributed by atoms with Crippen molar-refractivity contribution in [1.82, 2.24) is 4.90 Å². The predicted octanol–water partition coefficient (Wildman–Crippen LogP) is 1.27. The fraction of sp³-hybridized carbons (Fsp3) is 0.529. The number of aliphatic hydroxyl groups is 1. The molecule has 5 nitrogen and oxygen atoms in total. The van der Waals surface area contributed by atoms with E-state index in [1.165, 1.54) is 0 Å². The summed E-state index contributed by atoms with van der Waals surface area (Å²) in [5.74, 6) is 0.281. The van der Waals surface area contributed by atoms with E-state index in [0.29, 0.717) is 12.8 Å². The molecule has 0 radical (unpaired) electrons. The van der Waals surface area contributed by atoms with Crippen LogP contribution in [0.25, 0.3) is 0 Å². The number of piperidine rings is 1. The normalized spacial score (nSPS) is 36.5. The lowest BCUT2D eigenvalue weighted by atomic mass is 9.69. The molecule has 0 bridgehead atoms. The van der Waals surface area contributed by atoms with Gasteiger partial charge in [-0.05, 0) is 30.4 Å². The van der Waals surface area contributed by atoms with Crippen LogP contribution in [0.2, 0.25) is 0 Å². The Morgan fingerprint density at radius 2 is 2.14 bits per heavy atom. The molecule has 4 rings (SSSR count). The van der Waals surface area contributed by atoms with Crippen LogP contribution in [-0.2, 0) is 15.0 Å². The fourth-order valence-electron chi connectivity index (χ4n) is 4.80. The number of nitrogens with one attached hydrogen (secondary N) is 1. The highest BCUT2D eigenvalue weighted by molar-refractivity contribution is 6.08. The maximum Gasteiger partial charge on any atom is 0.237 e. The first-order valence-electron chi connectivity index (χ1n) is 7.92. The zero-order chi connectivity index (χ0) is 15.5. The highest BCUT2D eigenvalue weighted by Gasteiger charge is 2.63. The predicted molar refractivity (Wildman–Crippen MR) is 81.3 cm³/mol. The third-order valence-corrected chi connectivity index (χ3v) is 5.67. The molecule has 0 aromatic heterocycles. The molecule has 1 aromatic carbocycles. The van der Waals surface area contributed by atoms with Crippen molar-refractivity contribution in [3.05, 3.63) is 29.8 Å². The Morgan fingerprint density at radius 3 is 2.91 bits per heavy atom. The number of carbonyl (C=O) groups is 2. The van der Waals surface area contributed by atoms with E-state index in [1.54, 1.807) is 4.90 Å². The number of hydrogen-bond donors (Lipinski definition) is 2. The van der Waals surface area contributed by atoms with Crippen LogP contribution in [0.4, 0.5) is 5.69 Å². The summed E-state index contributed by atoms with van der Waals surface area (Å²) in [4.78, 5) is 27.1. The van der Waals surface area contributed by atoms with E-state index in [-0.39, 0.29) is 36.4 Å². The smallest absolute Gasteiger partial charge is 0.237 e. The zero-order valence-corrected chi connectivity index (χ0v) is 12.6. The number of carbonyl (C=O) groups excluding carboxylic acids is 2. The molecule has 0 aliphatic carbocycles. The second kappa shape index (κ2) is 4.56. The van der Waals surface area contributed by atoms with Gasteiger partial charge in [-0.2, -0.15) is 0 Å². The summed E-state index contributed by atoms with van der Waals surface area (Å²) in [7, 11) is 0. The Labute approximate surface area is 129 Å². The Bertz CT molecular complexity index is 659. The molecule has 116 valence electrons. The van der Waals surface area contributed by atoms with Crippen molar-refractivity contribution >= 4 is 17.5 Å². The van der Waals surface area contributed by atoms with Crippen molar-refractivity contribution in [2.45, 2.75) is 43.7 Å². The zero-order valence-electron chi connectivity index (χ0n) is 12.6. The lowest BCUT2D eigenvalue weighted by Crippen LogP contribution is -2.55. The summed E-state index contributed by atoms with van der Waals surface area (Å²) in [5, 5.41) is 12.7. The van der Waals surface area contributed by atoms with Crippen LogP contribution in [-0.4, -0.2) is 40.5 Å². The monoisotopic (exact) mass is 300 g/mol. The number of nitrogens with zero attached hydrogens (tertiary/aromatic N) is 1. The van der Waals surface area contributed by atoms with Gasteiger partial charge in [-0.1, -0.05) is 25.1 Å². The van der Waals surface area contributed by atoms with E-state index >= 15 is 0 Å². The third-order valence-electron chi connectivity index (χ3n) is 5.67. The van der Waals surface area contributed by atoms with E-state index in [1.807, 2.05) is 24.3 Å². The van der Waals surface area contributed by atoms with Crippen LogP contribution in [0.3, 0.4) is 0 Å². The maximum atomic E-state index is 12.9. The quantitative estimate of drug-likeness (QED) is 0.820.